The van der Waals surface area contributed by atoms with Crippen LogP contribution in [0, 0.1) is 11.3 Å². The number of nitrogens with one attached hydrogen (secondary N) is 1. The number of anilines is 1. The van der Waals surface area contributed by atoms with Gasteiger partial charge >= 0.3 is 0 Å². The monoisotopic (exact) mass is 215 g/mol. The second-order valence-corrected chi connectivity index (χ2v) is 3.31. The van der Waals surface area contributed by atoms with Gasteiger partial charge in [0, 0.05) is 5.69 Å². The molecule has 1 atom stereocenters. The summed E-state index contributed by atoms with van der Waals surface area (Å²) < 4.78 is 0. The molecule has 0 saturated carbocycles. The van der Waals surface area contributed by atoms with E-state index in [-0.39, 0.29) is 5.91 Å². The number of nitrogens with two attached hydrogens (primary N) is 1. The summed E-state index contributed by atoms with van der Waals surface area (Å²) in [5.74, 6) is -0.282. The highest BCUT2D eigenvalue weighted by Crippen LogP contribution is 2.10. The van der Waals surface area contributed by atoms with Crippen LogP contribution in [-0.4, -0.2) is 11.9 Å². The number of carbonyl (C=O) groups excluding carboxylic acids is 1. The number of hydrogen-bond donors (Lipinski definition) is 2. The summed E-state index contributed by atoms with van der Waals surface area (Å²) in [6.45, 7) is 3.51. The maximum atomic E-state index is 11.5. The van der Waals surface area contributed by atoms with Crippen LogP contribution < -0.4 is 11.1 Å². The van der Waals surface area contributed by atoms with Crippen molar-refractivity contribution in [1.82, 2.24) is 0 Å². The fraction of sp³-hybridized carbons (Fsp3) is 0.167. The van der Waals surface area contributed by atoms with E-state index in [0.29, 0.717) is 17.7 Å². The molecule has 4 heteroatoms. The molecule has 0 radical (unpaired) electrons. The van der Waals surface area contributed by atoms with E-state index in [1.807, 2.05) is 6.07 Å². The number of benzene rings is 1. The van der Waals surface area contributed by atoms with Crippen LogP contribution in [0.1, 0.15) is 12.0 Å². The fourth-order valence-corrected chi connectivity index (χ4v) is 1.19. The molecule has 0 saturated heterocycles. The van der Waals surface area contributed by atoms with E-state index in [4.69, 9.17) is 11.0 Å². The van der Waals surface area contributed by atoms with Crippen LogP contribution in [0.15, 0.2) is 36.9 Å². The molecule has 0 aliphatic heterocycles. The summed E-state index contributed by atoms with van der Waals surface area (Å²) in [6, 6.07) is 8.06. The van der Waals surface area contributed by atoms with Crippen LogP contribution in [0.4, 0.5) is 5.69 Å². The van der Waals surface area contributed by atoms with Gasteiger partial charge < -0.3 is 11.1 Å². The van der Waals surface area contributed by atoms with E-state index >= 15 is 0 Å². The number of nitriles is 1. The lowest BCUT2D eigenvalue weighted by Crippen LogP contribution is -2.35. The first-order valence-electron chi connectivity index (χ1n) is 4.85. The zero-order valence-corrected chi connectivity index (χ0v) is 8.81. The maximum Gasteiger partial charge on any atom is 0.241 e. The highest BCUT2D eigenvalue weighted by molar-refractivity contribution is 5.94. The van der Waals surface area contributed by atoms with Crippen LogP contribution in [0.2, 0.25) is 0 Å². The van der Waals surface area contributed by atoms with Gasteiger partial charge in [0.25, 0.3) is 0 Å². The minimum absolute atomic E-state index is 0.282. The van der Waals surface area contributed by atoms with Crippen molar-refractivity contribution >= 4 is 11.6 Å². The average Bonchev–Trinajstić information content (AvgIpc) is 2.29. The molecule has 0 aliphatic rings. The largest absolute Gasteiger partial charge is 0.325 e. The summed E-state index contributed by atoms with van der Waals surface area (Å²) in [4.78, 5) is 11.5. The van der Waals surface area contributed by atoms with Gasteiger partial charge in [-0.2, -0.15) is 5.26 Å². The number of amides is 1. The molecule has 1 amide bonds. The van der Waals surface area contributed by atoms with Gasteiger partial charge in [-0.3, -0.25) is 4.79 Å². The van der Waals surface area contributed by atoms with Crippen molar-refractivity contribution in [1.29, 1.82) is 5.26 Å². The van der Waals surface area contributed by atoms with Crippen LogP contribution >= 0.6 is 0 Å². The predicted octanol–water partition coefficient (Wildman–Crippen LogP) is 1.40. The SMILES string of the molecule is C=CCC(N)C(=O)Nc1cccc(C#N)c1. The van der Waals surface area contributed by atoms with E-state index in [1.54, 1.807) is 30.3 Å². The number of hydrogen-bond acceptors (Lipinski definition) is 3. The topological polar surface area (TPSA) is 78.9 Å². The van der Waals surface area contributed by atoms with Gasteiger partial charge in [0.15, 0.2) is 0 Å². The standard InChI is InChI=1S/C12H13N3O/c1-2-4-11(14)12(16)15-10-6-3-5-9(7-10)8-13/h2-3,5-7,11H,1,4,14H2,(H,15,16). The van der Waals surface area contributed by atoms with Crippen molar-refractivity contribution in [3.63, 3.8) is 0 Å². The Morgan fingerprint density at radius 2 is 2.44 bits per heavy atom. The molecule has 0 aromatic heterocycles. The third-order valence-corrected chi connectivity index (χ3v) is 2.02. The molecule has 16 heavy (non-hydrogen) atoms. The molecular weight excluding hydrogens is 202 g/mol. The first kappa shape index (κ1) is 12.0. The maximum absolute atomic E-state index is 11.5. The molecule has 4 nitrogen and oxygen atoms in total. The molecule has 3 N–H and O–H groups in total. The summed E-state index contributed by atoms with van der Waals surface area (Å²) >= 11 is 0. The first-order valence-corrected chi connectivity index (χ1v) is 4.85. The zero-order chi connectivity index (χ0) is 12.0. The molecule has 0 aliphatic carbocycles. The minimum atomic E-state index is -0.608. The smallest absolute Gasteiger partial charge is 0.241 e. The van der Waals surface area contributed by atoms with Gasteiger partial charge in [-0.1, -0.05) is 12.1 Å². The van der Waals surface area contributed by atoms with Gasteiger partial charge in [0.05, 0.1) is 17.7 Å². The van der Waals surface area contributed by atoms with Gasteiger partial charge in [-0.15, -0.1) is 6.58 Å². The number of nitrogens with zero attached hydrogens (tertiary/aromatic N) is 1. The van der Waals surface area contributed by atoms with Crippen molar-refractivity contribution in [2.24, 2.45) is 5.73 Å². The number of carbonyl (C=O) groups is 1. The second-order valence-electron chi connectivity index (χ2n) is 3.31. The van der Waals surface area contributed by atoms with Gasteiger partial charge in [-0.05, 0) is 24.6 Å². The molecule has 0 bridgehead atoms. The third-order valence-electron chi connectivity index (χ3n) is 2.02. The molecule has 1 rings (SSSR count). The summed E-state index contributed by atoms with van der Waals surface area (Å²) in [5, 5.41) is 11.3. The second kappa shape index (κ2) is 5.69. The summed E-state index contributed by atoms with van der Waals surface area (Å²) in [6.07, 6.45) is 2.01. The molecule has 1 aromatic rings. The Morgan fingerprint density at radius 3 is 3.06 bits per heavy atom. The van der Waals surface area contributed by atoms with E-state index in [1.165, 1.54) is 0 Å². The average molecular weight is 215 g/mol. The summed E-state index contributed by atoms with van der Waals surface area (Å²) in [7, 11) is 0. The van der Waals surface area contributed by atoms with Crippen molar-refractivity contribution in [3.8, 4) is 6.07 Å². The molecule has 82 valence electrons. The summed E-state index contributed by atoms with van der Waals surface area (Å²) in [5.41, 5.74) is 6.67. The Morgan fingerprint density at radius 1 is 1.69 bits per heavy atom. The fourth-order valence-electron chi connectivity index (χ4n) is 1.19. The number of rotatable bonds is 4. The Labute approximate surface area is 94.4 Å². The predicted molar refractivity (Wildman–Crippen MR) is 62.6 cm³/mol. The highest BCUT2D eigenvalue weighted by atomic mass is 16.2. The molecule has 0 fully saturated rings. The molecule has 0 spiro atoms. The quantitative estimate of drug-likeness (QED) is 0.745. The van der Waals surface area contributed by atoms with Crippen LogP contribution in [0.5, 0.6) is 0 Å². The van der Waals surface area contributed by atoms with E-state index in [2.05, 4.69) is 11.9 Å². The lowest BCUT2D eigenvalue weighted by Gasteiger charge is -2.10. The minimum Gasteiger partial charge on any atom is -0.325 e. The van der Waals surface area contributed by atoms with Crippen LogP contribution in [-0.2, 0) is 4.79 Å². The van der Waals surface area contributed by atoms with E-state index in [0.717, 1.165) is 0 Å². The lowest BCUT2D eigenvalue weighted by atomic mass is 10.2. The normalized spacial score (nSPS) is 11.2. The Kier molecular flexibility index (Phi) is 4.25. The van der Waals surface area contributed by atoms with Crippen molar-refractivity contribution in [2.45, 2.75) is 12.5 Å². The van der Waals surface area contributed by atoms with Gasteiger partial charge in [0.1, 0.15) is 0 Å². The Bertz CT molecular complexity index is 434. The van der Waals surface area contributed by atoms with Crippen LogP contribution in [0.3, 0.4) is 0 Å². The van der Waals surface area contributed by atoms with Gasteiger partial charge in [-0.25, -0.2) is 0 Å². The van der Waals surface area contributed by atoms with Crippen molar-refractivity contribution in [3.05, 3.63) is 42.5 Å². The van der Waals surface area contributed by atoms with Crippen LogP contribution in [0.25, 0.3) is 0 Å². The molecule has 1 unspecified atom stereocenters. The van der Waals surface area contributed by atoms with E-state index < -0.39 is 6.04 Å². The zero-order valence-electron chi connectivity index (χ0n) is 8.81. The first-order chi connectivity index (χ1) is 7.67. The Balaban J connectivity index is 2.69. The van der Waals surface area contributed by atoms with Crippen molar-refractivity contribution < 1.29 is 4.79 Å². The van der Waals surface area contributed by atoms with E-state index in [9.17, 15) is 4.79 Å². The highest BCUT2D eigenvalue weighted by Gasteiger charge is 2.11. The molecule has 1 aromatic carbocycles. The third kappa shape index (κ3) is 3.23. The lowest BCUT2D eigenvalue weighted by molar-refractivity contribution is -0.117. The molecular formula is C12H13N3O. The molecule has 0 heterocycles. The Hall–Kier alpha value is -2.12. The van der Waals surface area contributed by atoms with Gasteiger partial charge in [0.2, 0.25) is 5.91 Å². The van der Waals surface area contributed by atoms with Crippen molar-refractivity contribution in [2.75, 3.05) is 5.32 Å².